The van der Waals surface area contributed by atoms with E-state index in [9.17, 15) is 4.79 Å². The van der Waals surface area contributed by atoms with E-state index in [4.69, 9.17) is 11.6 Å². The lowest BCUT2D eigenvalue weighted by atomic mass is 10.3. The van der Waals surface area contributed by atoms with Crippen molar-refractivity contribution in [2.75, 3.05) is 5.32 Å². The Morgan fingerprint density at radius 1 is 1.22 bits per heavy atom. The number of rotatable bonds is 2. The van der Waals surface area contributed by atoms with Crippen molar-refractivity contribution in [1.29, 1.82) is 0 Å². The highest BCUT2D eigenvalue weighted by Gasteiger charge is 2.09. The molecule has 0 aliphatic carbocycles. The minimum absolute atomic E-state index is 0.287. The van der Waals surface area contributed by atoms with Gasteiger partial charge in [-0.15, -0.1) is 0 Å². The van der Waals surface area contributed by atoms with E-state index in [0.717, 1.165) is 8.95 Å². The second kappa shape index (κ2) is 5.82. The van der Waals surface area contributed by atoms with Gasteiger partial charge in [-0.25, -0.2) is 4.98 Å². The highest BCUT2D eigenvalue weighted by atomic mass is 79.9. The third-order valence-electron chi connectivity index (χ3n) is 2.14. The molecule has 1 aromatic heterocycles. The molecule has 0 fully saturated rings. The summed E-state index contributed by atoms with van der Waals surface area (Å²) in [6.07, 6.45) is 1.57. The van der Waals surface area contributed by atoms with Gasteiger partial charge in [-0.2, -0.15) is 0 Å². The van der Waals surface area contributed by atoms with Crippen LogP contribution in [0.4, 0.5) is 5.69 Å². The Balaban J connectivity index is 2.21. The maximum atomic E-state index is 11.9. The van der Waals surface area contributed by atoms with Crippen LogP contribution in [0.1, 0.15) is 10.5 Å². The predicted octanol–water partition coefficient (Wildman–Crippen LogP) is 4.51. The van der Waals surface area contributed by atoms with Crippen LogP contribution in [0, 0.1) is 0 Å². The summed E-state index contributed by atoms with van der Waals surface area (Å²) in [5.41, 5.74) is 0.947. The molecule has 0 saturated carbocycles. The molecule has 6 heteroatoms. The van der Waals surface area contributed by atoms with E-state index in [2.05, 4.69) is 42.2 Å². The number of hydrogen-bond acceptors (Lipinski definition) is 2. The smallest absolute Gasteiger partial charge is 0.274 e. The summed E-state index contributed by atoms with van der Waals surface area (Å²) in [7, 11) is 0. The van der Waals surface area contributed by atoms with Crippen molar-refractivity contribution < 1.29 is 4.79 Å². The Hall–Kier alpha value is -0.910. The molecule has 2 rings (SSSR count). The van der Waals surface area contributed by atoms with Crippen LogP contribution in [0.2, 0.25) is 5.02 Å². The number of halogens is 3. The monoisotopic (exact) mass is 388 g/mol. The van der Waals surface area contributed by atoms with Crippen LogP contribution in [0.15, 0.2) is 45.5 Å². The number of benzene rings is 1. The fraction of sp³-hybridized carbons (Fsp3) is 0. The molecule has 92 valence electrons. The second-order valence-corrected chi connectivity index (χ2v) is 5.65. The summed E-state index contributed by atoms with van der Waals surface area (Å²) in [5, 5.41) is 3.29. The van der Waals surface area contributed by atoms with E-state index in [-0.39, 0.29) is 5.91 Å². The van der Waals surface area contributed by atoms with Crippen LogP contribution in [-0.4, -0.2) is 10.9 Å². The summed E-state index contributed by atoms with van der Waals surface area (Å²) >= 11 is 12.5. The van der Waals surface area contributed by atoms with Gasteiger partial charge in [0.05, 0.1) is 5.69 Å². The van der Waals surface area contributed by atoms with Gasteiger partial charge in [0.25, 0.3) is 5.91 Å². The van der Waals surface area contributed by atoms with Crippen molar-refractivity contribution in [2.45, 2.75) is 0 Å². The third-order valence-corrected chi connectivity index (χ3v) is 3.53. The standard InChI is InChI=1S/C12H7Br2ClN2O/c13-7-1-4-10(16-6-7)12(18)17-11-5-8(15)2-3-9(11)14/h1-6H,(H,17,18). The number of pyridine rings is 1. The summed E-state index contributed by atoms with van der Waals surface area (Å²) < 4.78 is 1.58. The molecule has 0 spiro atoms. The molecule has 0 aliphatic rings. The zero-order valence-corrected chi connectivity index (χ0v) is 12.9. The van der Waals surface area contributed by atoms with Crippen molar-refractivity contribution in [3.8, 4) is 0 Å². The van der Waals surface area contributed by atoms with Gasteiger partial charge in [-0.3, -0.25) is 4.79 Å². The molecule has 1 heterocycles. The summed E-state index contributed by atoms with van der Waals surface area (Å²) in [6.45, 7) is 0. The third kappa shape index (κ3) is 3.31. The first-order chi connectivity index (χ1) is 8.56. The Morgan fingerprint density at radius 3 is 2.67 bits per heavy atom. The normalized spacial score (nSPS) is 10.2. The van der Waals surface area contributed by atoms with Gasteiger partial charge >= 0.3 is 0 Å². The predicted molar refractivity (Wildman–Crippen MR) is 79.0 cm³/mol. The molecule has 0 radical (unpaired) electrons. The van der Waals surface area contributed by atoms with Gasteiger partial charge in [0.2, 0.25) is 0 Å². The van der Waals surface area contributed by atoms with Crippen molar-refractivity contribution in [3.05, 3.63) is 56.2 Å². The second-order valence-electron chi connectivity index (χ2n) is 3.44. The quantitative estimate of drug-likeness (QED) is 0.820. The van der Waals surface area contributed by atoms with Gasteiger partial charge in [-0.1, -0.05) is 11.6 Å². The molecular formula is C12H7Br2ClN2O. The summed E-state index contributed by atoms with van der Waals surface area (Å²) in [4.78, 5) is 16.0. The fourth-order valence-corrected chi connectivity index (χ4v) is 2.04. The number of nitrogens with one attached hydrogen (secondary N) is 1. The first kappa shape index (κ1) is 13.5. The highest BCUT2D eigenvalue weighted by Crippen LogP contribution is 2.26. The van der Waals surface area contributed by atoms with Crippen LogP contribution in [-0.2, 0) is 0 Å². The zero-order valence-electron chi connectivity index (χ0n) is 8.95. The SMILES string of the molecule is O=C(Nc1cc(Cl)ccc1Br)c1ccc(Br)cn1. The Labute approximate surface area is 126 Å². The maximum absolute atomic E-state index is 11.9. The lowest BCUT2D eigenvalue weighted by Crippen LogP contribution is -2.13. The molecule has 1 amide bonds. The first-order valence-corrected chi connectivity index (χ1v) is 6.90. The van der Waals surface area contributed by atoms with Crippen molar-refractivity contribution in [1.82, 2.24) is 4.98 Å². The van der Waals surface area contributed by atoms with E-state index in [0.29, 0.717) is 16.4 Å². The zero-order chi connectivity index (χ0) is 13.1. The summed E-state index contributed by atoms with van der Waals surface area (Å²) in [5.74, 6) is -0.287. The molecule has 3 nitrogen and oxygen atoms in total. The fourth-order valence-electron chi connectivity index (χ4n) is 1.29. The average molecular weight is 390 g/mol. The van der Waals surface area contributed by atoms with E-state index >= 15 is 0 Å². The molecule has 0 aliphatic heterocycles. The first-order valence-electron chi connectivity index (χ1n) is 4.94. The highest BCUT2D eigenvalue weighted by molar-refractivity contribution is 9.10. The van der Waals surface area contributed by atoms with Crippen LogP contribution in [0.25, 0.3) is 0 Å². The minimum Gasteiger partial charge on any atom is -0.320 e. The maximum Gasteiger partial charge on any atom is 0.274 e. The number of carbonyl (C=O) groups is 1. The molecule has 0 atom stereocenters. The number of carbonyl (C=O) groups excluding carboxylic acids is 1. The Kier molecular flexibility index (Phi) is 4.37. The Bertz CT molecular complexity index is 587. The van der Waals surface area contributed by atoms with Crippen molar-refractivity contribution in [2.24, 2.45) is 0 Å². The van der Waals surface area contributed by atoms with Crippen LogP contribution in [0.3, 0.4) is 0 Å². The lowest BCUT2D eigenvalue weighted by Gasteiger charge is -2.07. The number of hydrogen-bond donors (Lipinski definition) is 1. The van der Waals surface area contributed by atoms with E-state index in [1.165, 1.54) is 0 Å². The molecule has 2 aromatic rings. The molecule has 0 unspecified atom stereocenters. The molecule has 18 heavy (non-hydrogen) atoms. The van der Waals surface area contributed by atoms with Crippen molar-refractivity contribution in [3.63, 3.8) is 0 Å². The minimum atomic E-state index is -0.287. The van der Waals surface area contributed by atoms with E-state index in [1.807, 2.05) is 0 Å². The van der Waals surface area contributed by atoms with Crippen molar-refractivity contribution >= 4 is 55.1 Å². The Morgan fingerprint density at radius 2 is 2.00 bits per heavy atom. The van der Waals surface area contributed by atoms with E-state index < -0.39 is 0 Å². The molecule has 0 saturated heterocycles. The number of amides is 1. The molecule has 1 N–H and O–H groups in total. The van der Waals surface area contributed by atoms with Gasteiger partial charge in [0.1, 0.15) is 5.69 Å². The van der Waals surface area contributed by atoms with Crippen LogP contribution < -0.4 is 5.32 Å². The molecular weight excluding hydrogens is 383 g/mol. The topological polar surface area (TPSA) is 42.0 Å². The average Bonchev–Trinajstić information content (AvgIpc) is 2.34. The number of aromatic nitrogens is 1. The van der Waals surface area contributed by atoms with Crippen LogP contribution in [0.5, 0.6) is 0 Å². The number of anilines is 1. The molecule has 0 bridgehead atoms. The van der Waals surface area contributed by atoms with Gasteiger partial charge in [0, 0.05) is 20.2 Å². The van der Waals surface area contributed by atoms with E-state index in [1.54, 1.807) is 36.5 Å². The largest absolute Gasteiger partial charge is 0.320 e. The summed E-state index contributed by atoms with van der Waals surface area (Å²) in [6, 6.07) is 8.57. The number of nitrogens with zero attached hydrogens (tertiary/aromatic N) is 1. The van der Waals surface area contributed by atoms with Gasteiger partial charge < -0.3 is 5.32 Å². The van der Waals surface area contributed by atoms with Crippen LogP contribution >= 0.6 is 43.5 Å². The van der Waals surface area contributed by atoms with Gasteiger partial charge in [-0.05, 0) is 62.2 Å². The van der Waals surface area contributed by atoms with Gasteiger partial charge in [0.15, 0.2) is 0 Å². The molecule has 1 aromatic carbocycles. The lowest BCUT2D eigenvalue weighted by molar-refractivity contribution is 0.102.